The molecule has 5 nitrogen and oxygen atoms in total. The van der Waals surface area contributed by atoms with Gasteiger partial charge in [-0.3, -0.25) is 9.97 Å². The first-order chi connectivity index (χ1) is 8.33. The summed E-state index contributed by atoms with van der Waals surface area (Å²) < 4.78 is 0. The maximum Gasteiger partial charge on any atom is 0.180 e. The highest BCUT2D eigenvalue weighted by Gasteiger charge is 2.09. The maximum absolute atomic E-state index is 5.59. The number of hydrogen-bond acceptors (Lipinski definition) is 7. The fourth-order valence-corrected chi connectivity index (χ4v) is 2.65. The number of rotatable bonds is 2. The van der Waals surface area contributed by atoms with Crippen LogP contribution in [0.15, 0.2) is 29.4 Å². The second-order valence-electron chi connectivity index (χ2n) is 3.20. The Morgan fingerprint density at radius 1 is 0.941 bits per heavy atom. The van der Waals surface area contributed by atoms with Gasteiger partial charge in [0.05, 0.1) is 6.20 Å². The van der Waals surface area contributed by atoms with Crippen molar-refractivity contribution in [1.29, 1.82) is 0 Å². The number of hydrogen-bond donors (Lipinski definition) is 1. The Bertz CT molecular complexity index is 631. The molecule has 0 bridgehead atoms. The number of nitrogen functional groups attached to an aromatic ring is 1. The van der Waals surface area contributed by atoms with Crippen molar-refractivity contribution in [2.75, 3.05) is 5.73 Å². The van der Waals surface area contributed by atoms with E-state index in [1.54, 1.807) is 18.6 Å². The van der Waals surface area contributed by atoms with Gasteiger partial charge in [0.2, 0.25) is 0 Å². The molecule has 0 aromatic carbocycles. The van der Waals surface area contributed by atoms with E-state index >= 15 is 0 Å². The molecule has 3 aromatic heterocycles. The Balaban J connectivity index is 1.99. The number of aromatic nitrogens is 4. The molecule has 0 aliphatic rings. The van der Waals surface area contributed by atoms with Gasteiger partial charge in [-0.05, 0) is 0 Å². The molecule has 0 saturated carbocycles. The van der Waals surface area contributed by atoms with Crippen molar-refractivity contribution in [3.8, 4) is 22.1 Å². The molecule has 0 unspecified atom stereocenters. The van der Waals surface area contributed by atoms with Crippen LogP contribution in [0.25, 0.3) is 22.1 Å². The lowest BCUT2D eigenvalue weighted by Gasteiger charge is -1.91. The van der Waals surface area contributed by atoms with Crippen molar-refractivity contribution in [2.24, 2.45) is 0 Å². The summed E-state index contributed by atoms with van der Waals surface area (Å²) in [6.07, 6.45) is 4.98. The molecule has 3 heterocycles. The first kappa shape index (κ1) is 10.3. The molecule has 0 radical (unpaired) electrons. The van der Waals surface area contributed by atoms with Crippen LogP contribution in [0.2, 0.25) is 0 Å². The van der Waals surface area contributed by atoms with Crippen LogP contribution in [0.1, 0.15) is 0 Å². The molecule has 0 aliphatic heterocycles. The van der Waals surface area contributed by atoms with Gasteiger partial charge >= 0.3 is 0 Å². The number of nitrogens with two attached hydrogens (primary N) is 1. The van der Waals surface area contributed by atoms with E-state index in [0.717, 1.165) is 22.1 Å². The van der Waals surface area contributed by atoms with Crippen LogP contribution < -0.4 is 5.73 Å². The Morgan fingerprint density at radius 2 is 1.76 bits per heavy atom. The summed E-state index contributed by atoms with van der Waals surface area (Å²) in [5, 5.41) is 5.22. The predicted octanol–water partition coefficient (Wildman–Crippen LogP) is 2.31. The molecule has 3 aromatic rings. The van der Waals surface area contributed by atoms with Crippen LogP contribution in [-0.2, 0) is 0 Å². The molecule has 0 saturated heterocycles. The minimum atomic E-state index is 0.550. The van der Waals surface area contributed by atoms with Gasteiger partial charge < -0.3 is 5.73 Å². The third kappa shape index (κ3) is 2.02. The topological polar surface area (TPSA) is 77.6 Å². The van der Waals surface area contributed by atoms with Gasteiger partial charge in [0.1, 0.15) is 22.1 Å². The molecule has 0 fully saturated rings. The summed E-state index contributed by atoms with van der Waals surface area (Å²) in [7, 11) is 0. The first-order valence-electron chi connectivity index (χ1n) is 4.76. The highest BCUT2D eigenvalue weighted by molar-refractivity contribution is 7.14. The van der Waals surface area contributed by atoms with Crippen LogP contribution in [-0.4, -0.2) is 19.9 Å². The summed E-state index contributed by atoms with van der Waals surface area (Å²) in [5.74, 6) is 0. The predicted molar refractivity (Wildman–Crippen MR) is 68.7 cm³/mol. The van der Waals surface area contributed by atoms with E-state index in [9.17, 15) is 0 Å². The zero-order valence-electron chi connectivity index (χ0n) is 8.57. The SMILES string of the molecule is Nc1nc(-c2csc(-c3cnccn3)n2)cs1. The molecular weight excluding hydrogens is 254 g/mol. The fraction of sp³-hybridized carbons (Fsp3) is 0. The quantitative estimate of drug-likeness (QED) is 0.766. The number of thiazole rings is 2. The molecule has 0 atom stereocenters. The zero-order valence-corrected chi connectivity index (χ0v) is 10.2. The second-order valence-corrected chi connectivity index (χ2v) is 4.95. The Hall–Kier alpha value is -1.86. The molecule has 17 heavy (non-hydrogen) atoms. The van der Waals surface area contributed by atoms with Crippen molar-refractivity contribution in [3.63, 3.8) is 0 Å². The van der Waals surface area contributed by atoms with E-state index in [1.807, 2.05) is 10.8 Å². The Morgan fingerprint density at radius 3 is 2.47 bits per heavy atom. The van der Waals surface area contributed by atoms with Crippen LogP contribution in [0, 0.1) is 0 Å². The minimum Gasteiger partial charge on any atom is -0.375 e. The van der Waals surface area contributed by atoms with E-state index < -0.39 is 0 Å². The van der Waals surface area contributed by atoms with Gasteiger partial charge in [-0.2, -0.15) is 0 Å². The number of anilines is 1. The van der Waals surface area contributed by atoms with E-state index in [0.29, 0.717) is 5.13 Å². The number of nitrogens with zero attached hydrogens (tertiary/aromatic N) is 4. The van der Waals surface area contributed by atoms with Gasteiger partial charge in [-0.25, -0.2) is 9.97 Å². The zero-order chi connectivity index (χ0) is 11.7. The van der Waals surface area contributed by atoms with Crippen molar-refractivity contribution >= 4 is 27.8 Å². The van der Waals surface area contributed by atoms with Crippen molar-refractivity contribution < 1.29 is 0 Å². The Kier molecular flexibility index (Phi) is 2.54. The maximum atomic E-state index is 5.59. The van der Waals surface area contributed by atoms with Crippen LogP contribution in [0.5, 0.6) is 0 Å². The van der Waals surface area contributed by atoms with Gasteiger partial charge in [-0.1, -0.05) is 0 Å². The summed E-state index contributed by atoms with van der Waals surface area (Å²) in [6.45, 7) is 0. The molecule has 0 spiro atoms. The third-order valence-corrected chi connectivity index (χ3v) is 3.61. The average molecular weight is 261 g/mol. The highest BCUT2D eigenvalue weighted by atomic mass is 32.1. The van der Waals surface area contributed by atoms with E-state index in [1.165, 1.54) is 22.7 Å². The van der Waals surface area contributed by atoms with Crippen LogP contribution >= 0.6 is 22.7 Å². The van der Waals surface area contributed by atoms with Gasteiger partial charge in [-0.15, -0.1) is 22.7 Å². The first-order valence-corrected chi connectivity index (χ1v) is 6.52. The lowest BCUT2D eigenvalue weighted by atomic mass is 10.4. The molecule has 2 N–H and O–H groups in total. The minimum absolute atomic E-state index is 0.550. The molecule has 84 valence electrons. The highest BCUT2D eigenvalue weighted by Crippen LogP contribution is 2.28. The lowest BCUT2D eigenvalue weighted by molar-refractivity contribution is 1.19. The van der Waals surface area contributed by atoms with Gasteiger partial charge in [0.15, 0.2) is 5.13 Å². The van der Waals surface area contributed by atoms with E-state index in [2.05, 4.69) is 19.9 Å². The molecule has 0 amide bonds. The van der Waals surface area contributed by atoms with Crippen molar-refractivity contribution in [2.45, 2.75) is 0 Å². The van der Waals surface area contributed by atoms with Crippen molar-refractivity contribution in [1.82, 2.24) is 19.9 Å². The van der Waals surface area contributed by atoms with E-state index in [4.69, 9.17) is 5.73 Å². The normalized spacial score (nSPS) is 10.6. The third-order valence-electron chi connectivity index (χ3n) is 2.07. The summed E-state index contributed by atoms with van der Waals surface area (Å²) in [4.78, 5) is 16.9. The Labute approximate surface area is 105 Å². The monoisotopic (exact) mass is 261 g/mol. The fourth-order valence-electron chi connectivity index (χ4n) is 1.32. The largest absolute Gasteiger partial charge is 0.375 e. The molecule has 3 rings (SSSR count). The van der Waals surface area contributed by atoms with Crippen LogP contribution in [0.4, 0.5) is 5.13 Å². The summed E-state index contributed by atoms with van der Waals surface area (Å²) in [6, 6.07) is 0. The summed E-state index contributed by atoms with van der Waals surface area (Å²) in [5.41, 5.74) is 7.99. The van der Waals surface area contributed by atoms with Crippen molar-refractivity contribution in [3.05, 3.63) is 29.4 Å². The molecule has 0 aliphatic carbocycles. The average Bonchev–Trinajstić information content (AvgIpc) is 2.98. The smallest absolute Gasteiger partial charge is 0.180 e. The lowest BCUT2D eigenvalue weighted by Crippen LogP contribution is -1.85. The summed E-state index contributed by atoms with van der Waals surface area (Å²) >= 11 is 2.92. The van der Waals surface area contributed by atoms with E-state index in [-0.39, 0.29) is 0 Å². The second kappa shape index (κ2) is 4.19. The molecule has 7 heteroatoms. The standard InChI is InChI=1S/C10H7N5S2/c11-10-15-8(5-17-10)7-4-16-9(14-7)6-3-12-1-2-13-6/h1-5H,(H2,11,15). The molecular formula is C10H7N5S2. The van der Waals surface area contributed by atoms with Gasteiger partial charge in [0.25, 0.3) is 0 Å². The van der Waals surface area contributed by atoms with Crippen LogP contribution in [0.3, 0.4) is 0 Å². The van der Waals surface area contributed by atoms with Gasteiger partial charge in [0, 0.05) is 23.2 Å².